The van der Waals surface area contributed by atoms with Gasteiger partial charge in [-0.1, -0.05) is 30.3 Å². The third-order valence-corrected chi connectivity index (χ3v) is 6.30. The van der Waals surface area contributed by atoms with Crippen molar-refractivity contribution in [3.8, 4) is 22.6 Å². The van der Waals surface area contributed by atoms with Gasteiger partial charge in [-0.2, -0.15) is 5.10 Å². The summed E-state index contributed by atoms with van der Waals surface area (Å²) in [5.74, 6) is -0.322. The molecule has 36 heavy (non-hydrogen) atoms. The highest BCUT2D eigenvalue weighted by molar-refractivity contribution is 7.89. The van der Waals surface area contributed by atoms with Crippen LogP contribution in [-0.4, -0.2) is 36.1 Å². The first-order chi connectivity index (χ1) is 17.1. The van der Waals surface area contributed by atoms with Crippen LogP contribution in [0.2, 0.25) is 0 Å². The number of carbonyl (C=O) groups excluding carboxylic acids is 1. The maximum atomic E-state index is 13.1. The van der Waals surface area contributed by atoms with E-state index in [0.717, 1.165) is 0 Å². The molecule has 4 rings (SSSR count). The number of hydrogen-bond acceptors (Lipinski definition) is 7. The van der Waals surface area contributed by atoms with Crippen LogP contribution in [0, 0.1) is 17.0 Å². The first-order valence-corrected chi connectivity index (χ1v) is 12.1. The number of methoxy groups -OCH3 is 1. The first kappa shape index (κ1) is 24.6. The highest BCUT2D eigenvalue weighted by Gasteiger charge is 2.21. The number of hydrogen-bond donors (Lipinski definition) is 2. The van der Waals surface area contributed by atoms with Gasteiger partial charge in [0, 0.05) is 5.56 Å². The number of nitro groups is 1. The number of rotatable bonds is 7. The molecule has 4 aromatic rings. The number of nitrogens with two attached hydrogens (primary N) is 1. The van der Waals surface area contributed by atoms with Gasteiger partial charge < -0.3 is 10.1 Å². The molecule has 0 aliphatic carbocycles. The van der Waals surface area contributed by atoms with Crippen molar-refractivity contribution in [2.24, 2.45) is 5.14 Å². The summed E-state index contributed by atoms with van der Waals surface area (Å²) in [6, 6.07) is 18.7. The van der Waals surface area contributed by atoms with Gasteiger partial charge in [0.05, 0.1) is 34.4 Å². The minimum Gasteiger partial charge on any atom is -0.496 e. The van der Waals surface area contributed by atoms with E-state index in [1.54, 1.807) is 55.5 Å². The number of sulfonamides is 1. The Kier molecular flexibility index (Phi) is 6.55. The zero-order chi connectivity index (χ0) is 26.0. The molecular formula is C24H21N5O6S. The standard InChI is InChI=1S/C24H21N5O6S/c1-15-13-22(24(30)26-20-12-11-18(35-2)14-21(20)29(31)32)28(27-15)17-9-7-16(8-10-17)19-5-3-4-6-23(19)36(25,33)34/h3-14H,1-2H3,(H,26,30)(H2,25,33,34). The highest BCUT2D eigenvalue weighted by atomic mass is 32.2. The average molecular weight is 508 g/mol. The van der Waals surface area contributed by atoms with Gasteiger partial charge in [0.1, 0.15) is 17.1 Å². The number of aryl methyl sites for hydroxylation is 1. The summed E-state index contributed by atoms with van der Waals surface area (Å²) in [6.07, 6.45) is 0. The molecule has 11 nitrogen and oxygen atoms in total. The molecule has 0 unspecified atom stereocenters. The lowest BCUT2D eigenvalue weighted by atomic mass is 10.1. The number of primary sulfonamides is 1. The lowest BCUT2D eigenvalue weighted by Gasteiger charge is -2.11. The quantitative estimate of drug-likeness (QED) is 0.285. The van der Waals surface area contributed by atoms with Crippen LogP contribution in [-0.2, 0) is 10.0 Å². The van der Waals surface area contributed by atoms with Gasteiger partial charge in [-0.3, -0.25) is 14.9 Å². The van der Waals surface area contributed by atoms with Crippen LogP contribution in [0.1, 0.15) is 16.2 Å². The number of nitrogens with one attached hydrogen (secondary N) is 1. The van der Waals surface area contributed by atoms with Crippen molar-refractivity contribution in [3.63, 3.8) is 0 Å². The normalized spacial score (nSPS) is 11.2. The van der Waals surface area contributed by atoms with Gasteiger partial charge in [-0.15, -0.1) is 0 Å². The Bertz CT molecular complexity index is 1580. The molecule has 0 aliphatic heterocycles. The summed E-state index contributed by atoms with van der Waals surface area (Å²) in [6.45, 7) is 1.71. The number of nitro benzene ring substituents is 1. The van der Waals surface area contributed by atoms with E-state index in [-0.39, 0.29) is 27.7 Å². The molecule has 12 heteroatoms. The van der Waals surface area contributed by atoms with Crippen LogP contribution in [0.25, 0.3) is 16.8 Å². The third-order valence-electron chi connectivity index (χ3n) is 5.33. The highest BCUT2D eigenvalue weighted by Crippen LogP contribution is 2.30. The fourth-order valence-electron chi connectivity index (χ4n) is 3.67. The van der Waals surface area contributed by atoms with Gasteiger partial charge in [-0.05, 0) is 48.9 Å². The van der Waals surface area contributed by atoms with Crippen molar-refractivity contribution in [1.29, 1.82) is 0 Å². The number of anilines is 1. The minimum absolute atomic E-state index is 0.00570. The maximum Gasteiger partial charge on any atom is 0.296 e. The van der Waals surface area contributed by atoms with Crippen LogP contribution in [0.5, 0.6) is 5.75 Å². The lowest BCUT2D eigenvalue weighted by Crippen LogP contribution is -2.17. The van der Waals surface area contributed by atoms with E-state index >= 15 is 0 Å². The molecule has 0 saturated carbocycles. The van der Waals surface area contributed by atoms with Crippen LogP contribution in [0.4, 0.5) is 11.4 Å². The summed E-state index contributed by atoms with van der Waals surface area (Å²) in [5.41, 5.74) is 1.95. The van der Waals surface area contributed by atoms with Gasteiger partial charge in [-0.25, -0.2) is 18.2 Å². The minimum atomic E-state index is -3.93. The van der Waals surface area contributed by atoms with E-state index in [9.17, 15) is 23.3 Å². The number of nitrogens with zero attached hydrogens (tertiary/aromatic N) is 3. The predicted molar refractivity (Wildman–Crippen MR) is 133 cm³/mol. The molecule has 1 amide bonds. The lowest BCUT2D eigenvalue weighted by molar-refractivity contribution is -0.384. The number of benzene rings is 3. The fraction of sp³-hybridized carbons (Fsp3) is 0.0833. The van der Waals surface area contributed by atoms with E-state index in [2.05, 4.69) is 10.4 Å². The molecular weight excluding hydrogens is 486 g/mol. The summed E-state index contributed by atoms with van der Waals surface area (Å²) >= 11 is 0. The number of amides is 1. The third kappa shape index (κ3) is 4.94. The number of carbonyl (C=O) groups is 1. The van der Waals surface area contributed by atoms with Crippen LogP contribution < -0.4 is 15.2 Å². The molecule has 1 aromatic heterocycles. The molecule has 0 atom stereocenters. The molecule has 0 saturated heterocycles. The molecule has 0 bridgehead atoms. The van der Waals surface area contributed by atoms with Crippen molar-refractivity contribution in [3.05, 3.63) is 94.3 Å². The topological polar surface area (TPSA) is 159 Å². The molecule has 0 fully saturated rings. The maximum absolute atomic E-state index is 13.1. The van der Waals surface area contributed by atoms with E-state index in [0.29, 0.717) is 22.5 Å². The average Bonchev–Trinajstić information content (AvgIpc) is 3.25. The summed E-state index contributed by atoms with van der Waals surface area (Å²) in [5, 5.41) is 23.8. The van der Waals surface area contributed by atoms with Gasteiger partial charge in [0.2, 0.25) is 10.0 Å². The largest absolute Gasteiger partial charge is 0.496 e. The smallest absolute Gasteiger partial charge is 0.296 e. The Morgan fingerprint density at radius 2 is 1.78 bits per heavy atom. The zero-order valence-corrected chi connectivity index (χ0v) is 20.0. The van der Waals surface area contributed by atoms with Crippen LogP contribution in [0.15, 0.2) is 77.7 Å². The van der Waals surface area contributed by atoms with Crippen molar-refractivity contribution in [2.45, 2.75) is 11.8 Å². The fourth-order valence-corrected chi connectivity index (χ4v) is 4.44. The van der Waals surface area contributed by atoms with Crippen molar-refractivity contribution in [1.82, 2.24) is 9.78 Å². The molecule has 184 valence electrons. The predicted octanol–water partition coefficient (Wildman–Crippen LogP) is 3.66. The molecule has 0 aliphatic rings. The van der Waals surface area contributed by atoms with Crippen molar-refractivity contribution in [2.75, 3.05) is 12.4 Å². The molecule has 0 spiro atoms. The van der Waals surface area contributed by atoms with E-state index in [1.165, 1.54) is 36.1 Å². The Morgan fingerprint density at radius 1 is 1.08 bits per heavy atom. The van der Waals surface area contributed by atoms with Gasteiger partial charge in [0.25, 0.3) is 11.6 Å². The molecule has 3 N–H and O–H groups in total. The first-order valence-electron chi connectivity index (χ1n) is 10.5. The molecule has 0 radical (unpaired) electrons. The summed E-state index contributed by atoms with van der Waals surface area (Å²) < 4.78 is 30.3. The van der Waals surface area contributed by atoms with Crippen LogP contribution in [0.3, 0.4) is 0 Å². The second-order valence-electron chi connectivity index (χ2n) is 7.77. The van der Waals surface area contributed by atoms with Crippen LogP contribution >= 0.6 is 0 Å². The Balaban J connectivity index is 1.68. The molecule has 3 aromatic carbocycles. The van der Waals surface area contributed by atoms with Crippen molar-refractivity contribution >= 4 is 27.3 Å². The SMILES string of the molecule is COc1ccc(NC(=O)c2cc(C)nn2-c2ccc(-c3ccccc3S(N)(=O)=O)cc2)c([N+](=O)[O-])c1. The Hall–Kier alpha value is -4.55. The van der Waals surface area contributed by atoms with Crippen molar-refractivity contribution < 1.29 is 22.9 Å². The van der Waals surface area contributed by atoms with E-state index < -0.39 is 20.9 Å². The number of aromatic nitrogens is 2. The van der Waals surface area contributed by atoms with E-state index in [1.807, 2.05) is 0 Å². The summed E-state index contributed by atoms with van der Waals surface area (Å²) in [7, 11) is -2.54. The second kappa shape index (κ2) is 9.60. The summed E-state index contributed by atoms with van der Waals surface area (Å²) in [4.78, 5) is 23.9. The molecule has 1 heterocycles. The van der Waals surface area contributed by atoms with Gasteiger partial charge >= 0.3 is 0 Å². The monoisotopic (exact) mass is 507 g/mol. The van der Waals surface area contributed by atoms with E-state index in [4.69, 9.17) is 9.88 Å². The zero-order valence-electron chi connectivity index (χ0n) is 19.2. The second-order valence-corrected chi connectivity index (χ2v) is 9.29. The number of ether oxygens (including phenoxy) is 1. The Morgan fingerprint density at radius 3 is 2.42 bits per heavy atom. The Labute approximate surface area is 206 Å². The van der Waals surface area contributed by atoms with Gasteiger partial charge in [0.15, 0.2) is 0 Å².